The summed E-state index contributed by atoms with van der Waals surface area (Å²) in [6, 6.07) is 21.2. The molecule has 0 saturated carbocycles. The molecular formula is C69H82N12O9S2. The first-order valence-electron chi connectivity index (χ1n) is 33.2. The van der Waals surface area contributed by atoms with Gasteiger partial charge in [-0.05, 0) is 157 Å². The van der Waals surface area contributed by atoms with E-state index < -0.39 is 17.0 Å². The molecule has 0 spiro atoms. The number of carbonyl (C=O) groups excluding carboxylic acids is 1. The van der Waals surface area contributed by atoms with Crippen molar-refractivity contribution in [2.45, 2.75) is 146 Å². The Morgan fingerprint density at radius 1 is 0.630 bits per heavy atom. The van der Waals surface area contributed by atoms with Crippen molar-refractivity contribution in [3.63, 3.8) is 0 Å². The fourth-order valence-electron chi connectivity index (χ4n) is 17.0. The SMILES string of the molecule is COCCOCOc1cc(Oc2nc3c(N4CC5CCC(C(C)(C)C)(C4)N5C(=O)Oc4cc(Oc5nc6c(N7CC8CCC(C7)N8)nc(OCC78CCCN7CCC8)nc6s5)c5c(C)cccc5c4)nc(OCC45CCCN4CCC5)nc3s2)c2c(C)cccc2c1. The Kier molecular flexibility index (Phi) is 15.5. The lowest BCUT2D eigenvalue weighted by Gasteiger charge is -2.54. The van der Waals surface area contributed by atoms with Gasteiger partial charge in [0, 0.05) is 68.3 Å². The maximum atomic E-state index is 15.5. The van der Waals surface area contributed by atoms with Crippen LogP contribution < -0.4 is 43.5 Å². The molecule has 484 valence electrons. The van der Waals surface area contributed by atoms with Gasteiger partial charge in [0.05, 0.1) is 35.9 Å². The molecule has 4 atom stereocenters. The number of hydrogen-bond acceptors (Lipinski definition) is 22. The summed E-state index contributed by atoms with van der Waals surface area (Å²) in [5.74, 6) is 3.54. The van der Waals surface area contributed by atoms with Gasteiger partial charge in [-0.1, -0.05) is 79.8 Å². The maximum absolute atomic E-state index is 15.5. The van der Waals surface area contributed by atoms with E-state index in [-0.39, 0.29) is 23.9 Å². The molecule has 8 aliphatic heterocycles. The molecule has 21 nitrogen and oxygen atoms in total. The number of hydrogen-bond donors (Lipinski definition) is 1. The number of fused-ring (bicyclic) bond motifs is 10. The number of nitrogens with one attached hydrogen (secondary N) is 1. The molecule has 16 rings (SSSR count). The monoisotopic (exact) mass is 1290 g/mol. The van der Waals surface area contributed by atoms with E-state index in [1.807, 2.05) is 53.4 Å². The van der Waals surface area contributed by atoms with Crippen molar-refractivity contribution in [3.8, 4) is 45.4 Å². The highest BCUT2D eigenvalue weighted by Crippen LogP contribution is 2.53. The van der Waals surface area contributed by atoms with Crippen molar-refractivity contribution in [1.82, 2.24) is 49.9 Å². The third-order valence-corrected chi connectivity index (χ3v) is 23.2. The second-order valence-electron chi connectivity index (χ2n) is 28.0. The summed E-state index contributed by atoms with van der Waals surface area (Å²) in [5.41, 5.74) is 2.29. The normalized spacial score (nSPS) is 23.4. The first-order valence-corrected chi connectivity index (χ1v) is 34.8. The molecular weight excluding hydrogens is 1200 g/mol. The smallest absolute Gasteiger partial charge is 0.416 e. The Morgan fingerprint density at radius 2 is 1.17 bits per heavy atom. The summed E-state index contributed by atoms with van der Waals surface area (Å²) < 4.78 is 50.9. The van der Waals surface area contributed by atoms with E-state index in [9.17, 15) is 0 Å². The lowest BCUT2D eigenvalue weighted by Crippen LogP contribution is -2.68. The number of aromatic nitrogens is 6. The lowest BCUT2D eigenvalue weighted by atomic mass is 9.71. The van der Waals surface area contributed by atoms with Gasteiger partial charge in [0.25, 0.3) is 10.4 Å². The summed E-state index contributed by atoms with van der Waals surface area (Å²) in [6.45, 7) is 19.8. The third-order valence-electron chi connectivity index (χ3n) is 21.6. The number of anilines is 2. The molecule has 4 aromatic heterocycles. The number of benzene rings is 4. The van der Waals surface area contributed by atoms with E-state index in [1.54, 1.807) is 7.11 Å². The zero-order chi connectivity index (χ0) is 62.5. The lowest BCUT2D eigenvalue weighted by molar-refractivity contribution is -0.00846. The van der Waals surface area contributed by atoms with Crippen LogP contribution in [0.1, 0.15) is 109 Å². The number of methoxy groups -OCH3 is 1. The minimum Gasteiger partial charge on any atom is -0.467 e. The molecule has 23 heteroatoms. The van der Waals surface area contributed by atoms with Gasteiger partial charge < -0.3 is 53.0 Å². The predicted molar refractivity (Wildman–Crippen MR) is 355 cm³/mol. The van der Waals surface area contributed by atoms with Gasteiger partial charge in [-0.3, -0.25) is 14.7 Å². The summed E-state index contributed by atoms with van der Waals surface area (Å²) in [5, 5.41) is 8.30. The first-order chi connectivity index (χ1) is 44.7. The second-order valence-corrected chi connectivity index (χ2v) is 29.9. The Morgan fingerprint density at radius 3 is 1.73 bits per heavy atom. The minimum absolute atomic E-state index is 0.0229. The van der Waals surface area contributed by atoms with E-state index in [4.69, 9.17) is 67.8 Å². The highest BCUT2D eigenvalue weighted by molar-refractivity contribution is 7.20. The van der Waals surface area contributed by atoms with Crippen molar-refractivity contribution < 1.29 is 42.7 Å². The average molecular weight is 1290 g/mol. The maximum Gasteiger partial charge on any atom is 0.416 e. The topological polar surface area (TPSA) is 196 Å². The van der Waals surface area contributed by atoms with Crippen LogP contribution in [0, 0.1) is 19.3 Å². The highest BCUT2D eigenvalue weighted by Gasteiger charge is 2.60. The predicted octanol–water partition coefficient (Wildman–Crippen LogP) is 12.2. The molecule has 4 unspecified atom stereocenters. The van der Waals surface area contributed by atoms with Gasteiger partial charge in [-0.2, -0.15) is 29.9 Å². The van der Waals surface area contributed by atoms with Crippen LogP contribution >= 0.6 is 22.7 Å². The van der Waals surface area contributed by atoms with Gasteiger partial charge in [-0.15, -0.1) is 0 Å². The van der Waals surface area contributed by atoms with Crippen LogP contribution in [0.2, 0.25) is 0 Å². The standard InChI is InChI=1S/C69H82N12O9S2/c1-42-13-7-15-44-31-49(87-41-84-30-29-83-6)33-51(53(42)44)89-64-72-56-58(74-62(76-60(56)92-64)86-40-68-22-11-27-80(68)28-12-23-68)78-37-48-19-24-69(38-78,66(3,4)5)81(48)65(82)88-50-32-45-16-8-14-43(2)54(45)52(34-50)90-63-71-55-57(77-35-46-17-18-47(36-77)70-46)73-61(75-59(55)91-63)85-39-67-20-9-25-79(67)26-10-21-67/h7-8,13-16,31-34,46-48,70H,9-12,17-30,35-41H2,1-6H3. The summed E-state index contributed by atoms with van der Waals surface area (Å²) >= 11 is 2.75. The number of carbonyl (C=O) groups is 1. The number of aryl methyl sites for hydroxylation is 2. The van der Waals surface area contributed by atoms with Crippen LogP contribution in [0.25, 0.3) is 42.2 Å². The van der Waals surface area contributed by atoms with E-state index in [2.05, 4.69) is 71.7 Å². The van der Waals surface area contributed by atoms with Crippen molar-refractivity contribution in [2.75, 3.05) is 102 Å². The van der Waals surface area contributed by atoms with Crippen LogP contribution in [0.5, 0.6) is 45.4 Å². The Balaban J connectivity index is 0.703. The molecule has 92 heavy (non-hydrogen) atoms. The molecule has 1 N–H and O–H groups in total. The second kappa shape index (κ2) is 23.8. The molecule has 0 aliphatic carbocycles. The first kappa shape index (κ1) is 60.0. The van der Waals surface area contributed by atoms with E-state index in [1.165, 1.54) is 35.5 Å². The summed E-state index contributed by atoms with van der Waals surface area (Å²) in [7, 11) is 1.64. The van der Waals surface area contributed by atoms with Crippen LogP contribution in [0.4, 0.5) is 16.4 Å². The van der Waals surface area contributed by atoms with E-state index >= 15 is 4.79 Å². The number of nitrogens with zero attached hydrogens (tertiary/aromatic N) is 11. The van der Waals surface area contributed by atoms with E-state index in [0.29, 0.717) is 124 Å². The largest absolute Gasteiger partial charge is 0.467 e. The average Bonchev–Trinajstić information content (AvgIpc) is 1.55. The number of rotatable bonds is 19. The third kappa shape index (κ3) is 10.8. The Labute approximate surface area is 544 Å². The van der Waals surface area contributed by atoms with Crippen LogP contribution in [-0.2, 0) is 9.47 Å². The zero-order valence-corrected chi connectivity index (χ0v) is 55.2. The molecule has 8 saturated heterocycles. The zero-order valence-electron chi connectivity index (χ0n) is 53.6. The molecule has 1 amide bonds. The van der Waals surface area contributed by atoms with Crippen molar-refractivity contribution >= 4 is 82.6 Å². The van der Waals surface area contributed by atoms with Crippen LogP contribution in [0.15, 0.2) is 60.7 Å². The molecule has 8 fully saturated rings. The molecule has 12 heterocycles. The molecule has 0 radical (unpaired) electrons. The Hall–Kier alpha value is -6.99. The molecule has 4 aromatic carbocycles. The Bertz CT molecular complexity index is 4110. The summed E-state index contributed by atoms with van der Waals surface area (Å²) in [4.78, 5) is 59.7. The van der Waals surface area contributed by atoms with Crippen LogP contribution in [0.3, 0.4) is 0 Å². The van der Waals surface area contributed by atoms with Gasteiger partial charge in [0.15, 0.2) is 28.1 Å². The molecule has 4 bridgehead atoms. The molecule has 8 aliphatic rings. The fourth-order valence-corrected chi connectivity index (χ4v) is 18.5. The van der Waals surface area contributed by atoms with Gasteiger partial charge in [0.2, 0.25) is 0 Å². The fraction of sp³-hybridized carbons (Fsp3) is 0.551. The van der Waals surface area contributed by atoms with Gasteiger partial charge in [-0.25, -0.2) is 4.79 Å². The highest BCUT2D eigenvalue weighted by atomic mass is 32.1. The quantitative estimate of drug-likeness (QED) is 0.0592. The number of amides is 1. The molecule has 8 aromatic rings. The van der Waals surface area contributed by atoms with Gasteiger partial charge >= 0.3 is 18.1 Å². The van der Waals surface area contributed by atoms with Crippen molar-refractivity contribution in [2.24, 2.45) is 5.41 Å². The van der Waals surface area contributed by atoms with Crippen molar-refractivity contribution in [3.05, 3.63) is 71.8 Å². The van der Waals surface area contributed by atoms with Gasteiger partial charge in [0.1, 0.15) is 47.2 Å². The minimum atomic E-state index is -0.690. The summed E-state index contributed by atoms with van der Waals surface area (Å²) in [6.07, 6.45) is 12.5. The number of ether oxygens (including phenoxy) is 8. The van der Waals surface area contributed by atoms with Crippen LogP contribution in [-0.4, -0.2) is 178 Å². The number of thiazole rings is 2. The van der Waals surface area contributed by atoms with Crippen molar-refractivity contribution in [1.29, 1.82) is 0 Å². The van der Waals surface area contributed by atoms with E-state index in [0.717, 1.165) is 142 Å². The number of piperazine rings is 2.